The zero-order chi connectivity index (χ0) is 25.1. The number of fused-ring (bicyclic) bond motifs is 2. The lowest BCUT2D eigenvalue weighted by atomic mass is 9.75. The Balaban J connectivity index is 1.71. The number of para-hydroxylation sites is 1. The number of cyclic esters (lactones) is 1. The fraction of sp³-hybridized carbons (Fsp3) is 0.500. The van der Waals surface area contributed by atoms with Gasteiger partial charge in [-0.1, -0.05) is 48.9 Å². The Morgan fingerprint density at radius 1 is 1.17 bits per heavy atom. The van der Waals surface area contributed by atoms with Crippen LogP contribution in [0.2, 0.25) is 5.02 Å². The fourth-order valence-electron chi connectivity index (χ4n) is 6.27. The average molecular weight is 501 g/mol. The highest BCUT2D eigenvalue weighted by Crippen LogP contribution is 2.58. The van der Waals surface area contributed by atoms with Crippen LogP contribution >= 0.6 is 11.6 Å². The van der Waals surface area contributed by atoms with Gasteiger partial charge >= 0.3 is 5.97 Å². The maximum Gasteiger partial charge on any atom is 0.313 e. The minimum absolute atomic E-state index is 0.0951. The smallest absolute Gasteiger partial charge is 0.313 e. The van der Waals surface area contributed by atoms with Crippen LogP contribution in [0.15, 0.2) is 42.5 Å². The quantitative estimate of drug-likeness (QED) is 0.504. The number of esters is 1. The molecule has 2 amide bonds. The topological polar surface area (TPSA) is 96.4 Å². The lowest BCUT2D eigenvalue weighted by Crippen LogP contribution is -2.58. The number of hydrogen-bond acceptors (Lipinski definition) is 6. The maximum atomic E-state index is 14.4. The van der Waals surface area contributed by atoms with Crippen LogP contribution in [-0.2, 0) is 23.9 Å². The van der Waals surface area contributed by atoms with Crippen LogP contribution in [0.3, 0.4) is 0 Å². The standard InChI is InChI=1S/C26H29ClN2O6/c1-4-16(14-30)29-21-23(32)28(20-15(2)8-5-9-17(20)27)12-6-11-26(21)18(22(29)31)19-24(33)34-13-7-10-25(19,3)35-26/h5-11,16,18-19,21,30H,4,12-14H2,1-3H3/t16-,18-,19-,21?,25+,26-/m0/s1. The van der Waals surface area contributed by atoms with E-state index >= 15 is 0 Å². The summed E-state index contributed by atoms with van der Waals surface area (Å²) in [4.78, 5) is 44.5. The number of rotatable bonds is 4. The summed E-state index contributed by atoms with van der Waals surface area (Å²) in [5, 5.41) is 10.6. The minimum atomic E-state index is -1.40. The first kappa shape index (κ1) is 24.0. The molecule has 8 nitrogen and oxygen atoms in total. The molecule has 0 aliphatic carbocycles. The summed E-state index contributed by atoms with van der Waals surface area (Å²) in [5.41, 5.74) is -1.15. The molecule has 6 atom stereocenters. The lowest BCUT2D eigenvalue weighted by Gasteiger charge is -2.40. The molecule has 0 radical (unpaired) electrons. The first-order valence-corrected chi connectivity index (χ1v) is 12.3. The zero-order valence-electron chi connectivity index (χ0n) is 19.9. The van der Waals surface area contributed by atoms with Gasteiger partial charge in [0.05, 0.1) is 34.9 Å². The molecule has 1 N–H and O–H groups in total. The van der Waals surface area contributed by atoms with Gasteiger partial charge in [0.2, 0.25) is 5.91 Å². The van der Waals surface area contributed by atoms with Crippen molar-refractivity contribution in [1.29, 1.82) is 0 Å². The van der Waals surface area contributed by atoms with E-state index in [4.69, 9.17) is 21.1 Å². The number of aliphatic hydroxyl groups is 1. The highest BCUT2D eigenvalue weighted by Gasteiger charge is 2.75. The number of carbonyl (C=O) groups excluding carboxylic acids is 3. The number of hydrogen-bond donors (Lipinski definition) is 1. The summed E-state index contributed by atoms with van der Waals surface area (Å²) < 4.78 is 12.0. The first-order valence-electron chi connectivity index (χ1n) is 11.9. The van der Waals surface area contributed by atoms with E-state index in [0.717, 1.165) is 5.56 Å². The molecular formula is C26H29ClN2O6. The Labute approximate surface area is 209 Å². The van der Waals surface area contributed by atoms with Crippen molar-refractivity contribution in [1.82, 2.24) is 4.90 Å². The molecule has 35 heavy (non-hydrogen) atoms. The van der Waals surface area contributed by atoms with E-state index in [0.29, 0.717) is 17.1 Å². The van der Waals surface area contributed by atoms with Gasteiger partial charge in [0.15, 0.2) is 0 Å². The van der Waals surface area contributed by atoms with Gasteiger partial charge in [-0.05, 0) is 38.0 Å². The summed E-state index contributed by atoms with van der Waals surface area (Å²) in [6, 6.07) is 3.70. The summed E-state index contributed by atoms with van der Waals surface area (Å²) in [5.74, 6) is -3.20. The van der Waals surface area contributed by atoms with Crippen molar-refractivity contribution in [2.24, 2.45) is 11.8 Å². The second-order valence-electron chi connectivity index (χ2n) is 9.78. The number of benzene rings is 1. The number of aliphatic hydroxyl groups excluding tert-OH is 1. The van der Waals surface area contributed by atoms with Gasteiger partial charge in [-0.2, -0.15) is 0 Å². The van der Waals surface area contributed by atoms with Gasteiger partial charge in [-0.25, -0.2) is 0 Å². The van der Waals surface area contributed by atoms with Crippen LogP contribution in [-0.4, -0.2) is 70.8 Å². The molecular weight excluding hydrogens is 472 g/mol. The van der Waals surface area contributed by atoms with Gasteiger partial charge in [0.25, 0.3) is 5.91 Å². The Kier molecular flexibility index (Phi) is 5.81. The highest BCUT2D eigenvalue weighted by atomic mass is 35.5. The minimum Gasteiger partial charge on any atom is -0.461 e. The van der Waals surface area contributed by atoms with Gasteiger partial charge in [-0.3, -0.25) is 14.4 Å². The number of halogens is 1. The summed E-state index contributed by atoms with van der Waals surface area (Å²) in [6.07, 6.45) is 7.45. The van der Waals surface area contributed by atoms with E-state index in [2.05, 4.69) is 0 Å². The van der Waals surface area contributed by atoms with Crippen molar-refractivity contribution in [3.8, 4) is 0 Å². The summed E-state index contributed by atoms with van der Waals surface area (Å²) >= 11 is 6.53. The molecule has 1 aromatic rings. The van der Waals surface area contributed by atoms with E-state index in [1.54, 1.807) is 42.2 Å². The van der Waals surface area contributed by atoms with Crippen LogP contribution in [0, 0.1) is 18.8 Å². The number of aryl methyl sites for hydroxylation is 1. The first-order chi connectivity index (χ1) is 16.7. The molecule has 0 saturated carbocycles. The molecule has 0 bridgehead atoms. The molecule has 4 aliphatic heterocycles. The van der Waals surface area contributed by atoms with Crippen LogP contribution in [0.4, 0.5) is 5.69 Å². The Bertz CT molecular complexity index is 1130. The molecule has 4 heterocycles. The van der Waals surface area contributed by atoms with E-state index < -0.39 is 47.0 Å². The largest absolute Gasteiger partial charge is 0.461 e. The van der Waals surface area contributed by atoms with E-state index in [9.17, 15) is 19.5 Å². The third-order valence-corrected chi connectivity index (χ3v) is 8.09. The van der Waals surface area contributed by atoms with Crippen molar-refractivity contribution in [3.63, 3.8) is 0 Å². The van der Waals surface area contributed by atoms with Crippen LogP contribution < -0.4 is 4.90 Å². The molecule has 9 heteroatoms. The zero-order valence-corrected chi connectivity index (χ0v) is 20.7. The van der Waals surface area contributed by atoms with Gasteiger partial charge in [-0.15, -0.1) is 0 Å². The molecule has 1 spiro atoms. The Morgan fingerprint density at radius 2 is 1.94 bits per heavy atom. The predicted octanol–water partition coefficient (Wildman–Crippen LogP) is 2.41. The SMILES string of the molecule is CC[C@@H](CO)N1C(=O)[C@@H]2[C@H]3C(=O)OCC=C[C@@]3(C)O[C@@]23C=CCN(c2c(C)cccc2Cl)C(=O)C13. The van der Waals surface area contributed by atoms with E-state index in [1.165, 1.54) is 4.90 Å². The number of nitrogens with zero attached hydrogens (tertiary/aromatic N) is 2. The van der Waals surface area contributed by atoms with Crippen molar-refractivity contribution >= 4 is 35.1 Å². The van der Waals surface area contributed by atoms with Crippen molar-refractivity contribution < 1.29 is 29.0 Å². The molecule has 2 fully saturated rings. The number of carbonyl (C=O) groups is 3. The van der Waals surface area contributed by atoms with Crippen LogP contribution in [0.5, 0.6) is 0 Å². The average Bonchev–Trinajstić information content (AvgIpc) is 3.07. The van der Waals surface area contributed by atoms with Gasteiger partial charge < -0.3 is 24.4 Å². The second-order valence-corrected chi connectivity index (χ2v) is 10.2. The van der Waals surface area contributed by atoms with Crippen LogP contribution in [0.25, 0.3) is 0 Å². The number of likely N-dealkylation sites (tertiary alicyclic amines) is 1. The molecule has 0 aromatic heterocycles. The number of anilines is 1. The summed E-state index contributed by atoms with van der Waals surface area (Å²) in [6.45, 7) is 5.46. The van der Waals surface area contributed by atoms with Crippen LogP contribution in [0.1, 0.15) is 25.8 Å². The maximum absolute atomic E-state index is 14.4. The Hall–Kier alpha value is -2.68. The molecule has 2 saturated heterocycles. The van der Waals surface area contributed by atoms with E-state index in [-0.39, 0.29) is 25.7 Å². The monoisotopic (exact) mass is 500 g/mol. The van der Waals surface area contributed by atoms with Crippen molar-refractivity contribution in [2.45, 2.75) is 50.5 Å². The highest BCUT2D eigenvalue weighted by molar-refractivity contribution is 6.34. The third kappa shape index (κ3) is 3.30. The van der Waals surface area contributed by atoms with Crippen molar-refractivity contribution in [3.05, 3.63) is 53.1 Å². The third-order valence-electron chi connectivity index (χ3n) is 7.78. The Morgan fingerprint density at radius 3 is 2.63 bits per heavy atom. The van der Waals surface area contributed by atoms with Crippen molar-refractivity contribution in [2.75, 3.05) is 24.7 Å². The molecule has 1 aromatic carbocycles. The fourth-order valence-corrected chi connectivity index (χ4v) is 6.59. The number of amides is 2. The second kappa shape index (κ2) is 8.47. The molecule has 1 unspecified atom stereocenters. The summed E-state index contributed by atoms with van der Waals surface area (Å²) in [7, 11) is 0. The molecule has 186 valence electrons. The van der Waals surface area contributed by atoms with Gasteiger partial charge in [0.1, 0.15) is 24.2 Å². The van der Waals surface area contributed by atoms with E-state index in [1.807, 2.05) is 26.0 Å². The molecule has 5 rings (SSSR count). The molecule has 4 aliphatic rings. The van der Waals surface area contributed by atoms with Gasteiger partial charge in [0, 0.05) is 6.54 Å². The number of ether oxygens (including phenoxy) is 2. The predicted molar refractivity (Wildman–Crippen MR) is 129 cm³/mol. The lowest BCUT2D eigenvalue weighted by molar-refractivity contribution is -0.157. The normalized spacial score (nSPS) is 34.8.